The van der Waals surface area contributed by atoms with Gasteiger partial charge in [0.1, 0.15) is 0 Å². The maximum Gasteiger partial charge on any atom is 0.0789 e. The van der Waals surface area contributed by atoms with Crippen LogP contribution in [0.2, 0.25) is 0 Å². The second-order valence-electron chi connectivity index (χ2n) is 1.34. The summed E-state index contributed by atoms with van der Waals surface area (Å²) in [6, 6.07) is 0. The van der Waals surface area contributed by atoms with Crippen LogP contribution in [0.25, 0.3) is 0 Å². The lowest BCUT2D eigenvalue weighted by Gasteiger charge is -1.80. The third kappa shape index (κ3) is 1.60. The first-order valence-corrected chi connectivity index (χ1v) is 1.79. The largest absolute Gasteiger partial charge is 0.301 e. The molecule has 0 aliphatic heterocycles. The number of rotatable bonds is 1. The predicted octanol–water partition coefficient (Wildman–Crippen LogP) is 0.461. The molecule has 0 aromatic heterocycles. The fourth-order valence-electron chi connectivity index (χ4n) is 0.204. The topological polar surface area (TPSA) is 35.2 Å². The van der Waals surface area contributed by atoms with Gasteiger partial charge in [0.25, 0.3) is 0 Å². The monoisotopic (exact) mass is 109 g/mol. The highest BCUT2D eigenvalue weighted by atomic mass is 35.5. The smallest absolute Gasteiger partial charge is 0.0789 e. The lowest BCUT2D eigenvalue weighted by atomic mass is 10.9. The maximum atomic E-state index is 4.73. The summed E-state index contributed by atoms with van der Waals surface area (Å²) in [5.41, 5.74) is 0. The van der Waals surface area contributed by atoms with Crippen LogP contribution in [0.1, 0.15) is 12.8 Å². The Labute approximate surface area is 43.0 Å². The summed E-state index contributed by atoms with van der Waals surface area (Å²) in [5, 5.41) is 0. The van der Waals surface area contributed by atoms with E-state index in [4.69, 9.17) is 5.90 Å². The van der Waals surface area contributed by atoms with E-state index >= 15 is 0 Å². The Balaban J connectivity index is 0.000000250. The standard InChI is InChI=1S/C3H7NO.ClH/c4-5-3-1-2-3;/h3H,1-2,4H2;1H. The molecule has 0 radical (unpaired) electrons. The van der Waals surface area contributed by atoms with Crippen LogP contribution >= 0.6 is 12.4 Å². The molecule has 6 heavy (non-hydrogen) atoms. The normalized spacial score (nSPS) is 19.5. The van der Waals surface area contributed by atoms with E-state index in [1.54, 1.807) is 0 Å². The Morgan fingerprint density at radius 1 is 1.50 bits per heavy atom. The summed E-state index contributed by atoms with van der Waals surface area (Å²) in [5.74, 6) is 4.73. The second kappa shape index (κ2) is 2.39. The van der Waals surface area contributed by atoms with Crippen LogP contribution in [-0.4, -0.2) is 6.10 Å². The molecule has 1 aliphatic rings. The Morgan fingerprint density at radius 2 is 2.00 bits per heavy atom. The molecule has 2 nitrogen and oxygen atoms in total. The first kappa shape index (κ1) is 6.21. The van der Waals surface area contributed by atoms with Crippen molar-refractivity contribution in [1.29, 1.82) is 0 Å². The molecule has 0 bridgehead atoms. The molecule has 1 rings (SSSR count). The fourth-order valence-corrected chi connectivity index (χ4v) is 0.204. The maximum absolute atomic E-state index is 4.73. The van der Waals surface area contributed by atoms with E-state index in [0.717, 1.165) is 12.8 Å². The lowest BCUT2D eigenvalue weighted by Crippen LogP contribution is -1.98. The van der Waals surface area contributed by atoms with Gasteiger partial charge in [-0.3, -0.25) is 0 Å². The molecule has 1 saturated carbocycles. The first-order chi connectivity index (χ1) is 2.43. The number of nitrogens with two attached hydrogens (primary N) is 1. The number of halogens is 1. The van der Waals surface area contributed by atoms with E-state index in [0.29, 0.717) is 6.10 Å². The Kier molecular flexibility index (Phi) is 2.48. The molecule has 0 amide bonds. The Hall–Kier alpha value is 0.210. The molecular weight excluding hydrogens is 101 g/mol. The first-order valence-electron chi connectivity index (χ1n) is 1.79. The molecule has 1 fully saturated rings. The summed E-state index contributed by atoms with van der Waals surface area (Å²) < 4.78 is 0. The predicted molar refractivity (Wildman–Crippen MR) is 25.5 cm³/mol. The van der Waals surface area contributed by atoms with Crippen molar-refractivity contribution in [2.45, 2.75) is 18.9 Å². The molecule has 2 N–H and O–H groups in total. The van der Waals surface area contributed by atoms with Gasteiger partial charge >= 0.3 is 0 Å². The van der Waals surface area contributed by atoms with Crippen LogP contribution in [-0.2, 0) is 4.84 Å². The summed E-state index contributed by atoms with van der Waals surface area (Å²) in [6.07, 6.45) is 2.74. The Bertz CT molecular complexity index is 37.8. The van der Waals surface area contributed by atoms with Gasteiger partial charge in [-0.1, -0.05) is 0 Å². The molecule has 0 aromatic carbocycles. The van der Waals surface area contributed by atoms with Crippen LogP contribution in [0.5, 0.6) is 0 Å². The third-order valence-electron chi connectivity index (χ3n) is 0.717. The van der Waals surface area contributed by atoms with Gasteiger partial charge in [-0.2, -0.15) is 0 Å². The van der Waals surface area contributed by atoms with Crippen molar-refractivity contribution >= 4 is 12.4 Å². The van der Waals surface area contributed by atoms with Gasteiger partial charge in [-0.15, -0.1) is 12.4 Å². The van der Waals surface area contributed by atoms with Gasteiger partial charge < -0.3 is 4.84 Å². The fraction of sp³-hybridized carbons (Fsp3) is 1.00. The number of hydrogen-bond acceptors (Lipinski definition) is 2. The van der Waals surface area contributed by atoms with Gasteiger partial charge in [0.15, 0.2) is 0 Å². The third-order valence-corrected chi connectivity index (χ3v) is 0.717. The highest BCUT2D eigenvalue weighted by molar-refractivity contribution is 5.85. The highest BCUT2D eigenvalue weighted by Gasteiger charge is 2.20. The summed E-state index contributed by atoms with van der Waals surface area (Å²) in [6.45, 7) is 0. The van der Waals surface area contributed by atoms with Crippen LogP contribution in [0.15, 0.2) is 0 Å². The summed E-state index contributed by atoms with van der Waals surface area (Å²) in [7, 11) is 0. The van der Waals surface area contributed by atoms with Gasteiger partial charge in [-0.05, 0) is 12.8 Å². The zero-order chi connectivity index (χ0) is 3.70. The minimum absolute atomic E-state index is 0. The van der Waals surface area contributed by atoms with Crippen LogP contribution in [0.3, 0.4) is 0 Å². The minimum Gasteiger partial charge on any atom is -0.301 e. The van der Waals surface area contributed by atoms with Crippen LogP contribution < -0.4 is 5.90 Å². The molecule has 0 saturated heterocycles. The Morgan fingerprint density at radius 3 is 2.00 bits per heavy atom. The lowest BCUT2D eigenvalue weighted by molar-refractivity contribution is 0.123. The molecule has 38 valence electrons. The average molecular weight is 110 g/mol. The highest BCUT2D eigenvalue weighted by Crippen LogP contribution is 2.20. The van der Waals surface area contributed by atoms with E-state index in [1.165, 1.54) is 0 Å². The van der Waals surface area contributed by atoms with Crippen LogP contribution in [0.4, 0.5) is 0 Å². The van der Waals surface area contributed by atoms with E-state index < -0.39 is 0 Å². The number of hydrogen-bond donors (Lipinski definition) is 1. The molecular formula is C3H8ClNO. The summed E-state index contributed by atoms with van der Waals surface area (Å²) in [4.78, 5) is 4.36. The van der Waals surface area contributed by atoms with E-state index in [1.807, 2.05) is 0 Å². The SMILES string of the molecule is Cl.NOC1CC1. The molecule has 3 heteroatoms. The zero-order valence-electron chi connectivity index (χ0n) is 3.39. The van der Waals surface area contributed by atoms with Gasteiger partial charge in [0.2, 0.25) is 0 Å². The molecule has 0 unspecified atom stereocenters. The molecule has 0 atom stereocenters. The van der Waals surface area contributed by atoms with Crippen molar-refractivity contribution in [3.05, 3.63) is 0 Å². The van der Waals surface area contributed by atoms with Crippen molar-refractivity contribution in [2.24, 2.45) is 5.90 Å². The van der Waals surface area contributed by atoms with Crippen molar-refractivity contribution in [1.82, 2.24) is 0 Å². The quantitative estimate of drug-likeness (QED) is 0.497. The van der Waals surface area contributed by atoms with Crippen molar-refractivity contribution in [2.75, 3.05) is 0 Å². The van der Waals surface area contributed by atoms with Gasteiger partial charge in [0.05, 0.1) is 6.10 Å². The average Bonchev–Trinajstić information content (AvgIpc) is 2.12. The summed E-state index contributed by atoms with van der Waals surface area (Å²) >= 11 is 0. The van der Waals surface area contributed by atoms with Crippen molar-refractivity contribution < 1.29 is 4.84 Å². The van der Waals surface area contributed by atoms with Gasteiger partial charge in [0, 0.05) is 0 Å². The van der Waals surface area contributed by atoms with Crippen LogP contribution in [0, 0.1) is 0 Å². The zero-order valence-corrected chi connectivity index (χ0v) is 4.20. The van der Waals surface area contributed by atoms with E-state index in [2.05, 4.69) is 4.84 Å². The van der Waals surface area contributed by atoms with Gasteiger partial charge in [-0.25, -0.2) is 5.90 Å². The molecule has 1 aliphatic carbocycles. The molecule has 0 heterocycles. The second-order valence-corrected chi connectivity index (χ2v) is 1.34. The van der Waals surface area contributed by atoms with E-state index in [-0.39, 0.29) is 12.4 Å². The van der Waals surface area contributed by atoms with E-state index in [9.17, 15) is 0 Å². The molecule has 0 spiro atoms. The van der Waals surface area contributed by atoms with Crippen molar-refractivity contribution in [3.8, 4) is 0 Å². The minimum atomic E-state index is 0. The van der Waals surface area contributed by atoms with Crippen molar-refractivity contribution in [3.63, 3.8) is 0 Å². The molecule has 0 aromatic rings.